The van der Waals surface area contributed by atoms with Gasteiger partial charge in [-0.05, 0) is 37.3 Å². The lowest BCUT2D eigenvalue weighted by Crippen LogP contribution is -3.27. The third-order valence-electron chi connectivity index (χ3n) is 6.02. The van der Waals surface area contributed by atoms with Gasteiger partial charge in [-0.25, -0.2) is 0 Å². The van der Waals surface area contributed by atoms with Gasteiger partial charge >= 0.3 is 0 Å². The van der Waals surface area contributed by atoms with E-state index in [-0.39, 0.29) is 5.78 Å². The van der Waals surface area contributed by atoms with E-state index < -0.39 is 0 Å². The minimum absolute atomic E-state index is 0.0806. The zero-order valence-corrected chi connectivity index (χ0v) is 19.2. The van der Waals surface area contributed by atoms with Gasteiger partial charge in [0.05, 0.1) is 34.0 Å². The fourth-order valence-corrected chi connectivity index (χ4v) is 4.29. The molecule has 1 heterocycles. The number of rotatable bonds is 9. The molecule has 31 heavy (non-hydrogen) atoms. The van der Waals surface area contributed by atoms with Gasteiger partial charge in [0.2, 0.25) is 5.75 Å². The molecule has 0 radical (unpaired) electrons. The van der Waals surface area contributed by atoms with Crippen LogP contribution in [-0.2, 0) is 13.1 Å². The Morgan fingerprint density at radius 3 is 1.81 bits per heavy atom. The first-order valence-corrected chi connectivity index (χ1v) is 10.6. The van der Waals surface area contributed by atoms with E-state index in [4.69, 9.17) is 18.9 Å². The van der Waals surface area contributed by atoms with Crippen LogP contribution in [0.3, 0.4) is 0 Å². The Hall–Kier alpha value is -2.77. The van der Waals surface area contributed by atoms with E-state index in [0.29, 0.717) is 11.5 Å². The van der Waals surface area contributed by atoms with E-state index in [1.807, 2.05) is 24.3 Å². The van der Waals surface area contributed by atoms with Gasteiger partial charge in [0.1, 0.15) is 45.0 Å². The molecule has 2 N–H and O–H groups in total. The van der Waals surface area contributed by atoms with Gasteiger partial charge < -0.3 is 28.7 Å². The molecule has 1 saturated heterocycles. The third-order valence-corrected chi connectivity index (χ3v) is 6.02. The van der Waals surface area contributed by atoms with Gasteiger partial charge in [0.15, 0.2) is 17.3 Å². The van der Waals surface area contributed by atoms with E-state index in [2.05, 4.69) is 6.07 Å². The van der Waals surface area contributed by atoms with Gasteiger partial charge in [0, 0.05) is 11.1 Å². The van der Waals surface area contributed by atoms with Gasteiger partial charge in [-0.15, -0.1) is 0 Å². The largest absolute Gasteiger partial charge is 0.496 e. The first-order chi connectivity index (χ1) is 15.0. The minimum Gasteiger partial charge on any atom is -0.496 e. The van der Waals surface area contributed by atoms with E-state index >= 15 is 0 Å². The molecule has 7 heteroatoms. The summed E-state index contributed by atoms with van der Waals surface area (Å²) in [7, 11) is 6.61. The molecule has 0 aromatic heterocycles. The molecule has 0 aliphatic carbocycles. The summed E-state index contributed by atoms with van der Waals surface area (Å²) in [4.78, 5) is 14.8. The Morgan fingerprint density at radius 2 is 1.29 bits per heavy atom. The standard InChI is InChI=1S/C24H32N2O5/c1-17(27)18-6-8-21(28-2)20(14-18)16-26-12-10-25(11-13-26)15-19-7-9-22(29-3)24(31-5)23(19)30-4/h6-9,14H,10-13,15-16H2,1-5H3/p+2. The van der Waals surface area contributed by atoms with Crippen molar-refractivity contribution < 1.29 is 33.5 Å². The molecule has 0 unspecified atom stereocenters. The summed E-state index contributed by atoms with van der Waals surface area (Å²) in [6.45, 7) is 7.56. The van der Waals surface area contributed by atoms with Crippen molar-refractivity contribution in [2.24, 2.45) is 0 Å². The van der Waals surface area contributed by atoms with Crippen LogP contribution >= 0.6 is 0 Å². The molecule has 1 aliphatic heterocycles. The molecule has 2 aromatic rings. The zero-order chi connectivity index (χ0) is 22.4. The molecule has 1 aliphatic rings. The highest BCUT2D eigenvalue weighted by molar-refractivity contribution is 5.94. The summed E-state index contributed by atoms with van der Waals surface area (Å²) in [6.07, 6.45) is 0. The summed E-state index contributed by atoms with van der Waals surface area (Å²) in [5, 5.41) is 0. The van der Waals surface area contributed by atoms with Gasteiger partial charge in [-0.1, -0.05) is 0 Å². The van der Waals surface area contributed by atoms with Gasteiger partial charge in [0.25, 0.3) is 0 Å². The van der Waals surface area contributed by atoms with Crippen molar-refractivity contribution in [1.29, 1.82) is 0 Å². The second kappa shape index (κ2) is 10.5. The summed E-state index contributed by atoms with van der Waals surface area (Å²) >= 11 is 0. The van der Waals surface area contributed by atoms with Crippen molar-refractivity contribution in [3.8, 4) is 23.0 Å². The number of carbonyl (C=O) groups is 1. The molecular formula is C24H34N2O5+2. The lowest BCUT2D eigenvalue weighted by atomic mass is 10.1. The number of Topliss-reactive ketones (excluding diaryl/α,β-unsaturated/α-hetero) is 1. The lowest BCUT2D eigenvalue weighted by Gasteiger charge is -2.30. The van der Waals surface area contributed by atoms with Crippen LogP contribution in [-0.4, -0.2) is 60.4 Å². The van der Waals surface area contributed by atoms with Crippen LogP contribution < -0.4 is 28.7 Å². The minimum atomic E-state index is 0.0806. The summed E-state index contributed by atoms with van der Waals surface area (Å²) in [5.41, 5.74) is 2.95. The molecule has 168 valence electrons. The second-order valence-electron chi connectivity index (χ2n) is 7.93. The van der Waals surface area contributed by atoms with Crippen LogP contribution in [0.5, 0.6) is 23.0 Å². The summed E-state index contributed by atoms with van der Waals surface area (Å²) in [6, 6.07) is 9.70. The number of methoxy groups -OCH3 is 4. The number of piperazine rings is 1. The van der Waals surface area contributed by atoms with Crippen LogP contribution in [0.15, 0.2) is 30.3 Å². The van der Waals surface area contributed by atoms with E-state index in [0.717, 1.165) is 67.5 Å². The molecule has 1 fully saturated rings. The highest BCUT2D eigenvalue weighted by Gasteiger charge is 2.26. The third kappa shape index (κ3) is 5.29. The summed E-state index contributed by atoms with van der Waals surface area (Å²) in [5.74, 6) is 2.99. The zero-order valence-electron chi connectivity index (χ0n) is 19.2. The first kappa shape index (κ1) is 22.9. The maximum atomic E-state index is 11.8. The number of nitrogens with one attached hydrogen (secondary N) is 2. The Morgan fingerprint density at radius 1 is 0.742 bits per heavy atom. The SMILES string of the molecule is COc1ccc(C(C)=O)cc1C[NH+]1CC[NH+](Cc2ccc(OC)c(OC)c2OC)CC1. The molecular weight excluding hydrogens is 396 g/mol. The van der Waals surface area contributed by atoms with E-state index in [1.165, 1.54) is 9.80 Å². The van der Waals surface area contributed by atoms with Crippen molar-refractivity contribution in [2.45, 2.75) is 20.0 Å². The first-order valence-electron chi connectivity index (χ1n) is 10.6. The van der Waals surface area contributed by atoms with Crippen molar-refractivity contribution >= 4 is 5.78 Å². The van der Waals surface area contributed by atoms with Crippen LogP contribution in [0, 0.1) is 0 Å². The number of hydrogen-bond donors (Lipinski definition) is 2. The molecule has 2 aromatic carbocycles. The highest BCUT2D eigenvalue weighted by atomic mass is 16.5. The van der Waals surface area contributed by atoms with Crippen LogP contribution in [0.4, 0.5) is 0 Å². The predicted octanol–water partition coefficient (Wildman–Crippen LogP) is 0.407. The van der Waals surface area contributed by atoms with Gasteiger partial charge in [-0.3, -0.25) is 4.79 Å². The second-order valence-corrected chi connectivity index (χ2v) is 7.93. The Bertz CT molecular complexity index is 907. The molecule has 0 saturated carbocycles. The number of ketones is 1. The average molecular weight is 431 g/mol. The van der Waals surface area contributed by atoms with E-state index in [1.54, 1.807) is 35.4 Å². The highest BCUT2D eigenvalue weighted by Crippen LogP contribution is 2.39. The number of ether oxygens (including phenoxy) is 4. The van der Waals surface area contributed by atoms with Crippen LogP contribution in [0.2, 0.25) is 0 Å². The van der Waals surface area contributed by atoms with E-state index in [9.17, 15) is 4.79 Å². The van der Waals surface area contributed by atoms with Crippen molar-refractivity contribution in [2.75, 3.05) is 54.6 Å². The Balaban J connectivity index is 1.65. The number of hydrogen-bond acceptors (Lipinski definition) is 5. The number of quaternary nitrogens is 2. The summed E-state index contributed by atoms with van der Waals surface area (Å²) < 4.78 is 22.1. The Kier molecular flexibility index (Phi) is 7.76. The molecule has 0 amide bonds. The van der Waals surface area contributed by atoms with Gasteiger partial charge in [-0.2, -0.15) is 0 Å². The molecule has 7 nitrogen and oxygen atoms in total. The maximum absolute atomic E-state index is 11.8. The average Bonchev–Trinajstić information content (AvgIpc) is 2.79. The van der Waals surface area contributed by atoms with Crippen LogP contribution in [0.1, 0.15) is 28.4 Å². The fraction of sp³-hybridized carbons (Fsp3) is 0.458. The maximum Gasteiger partial charge on any atom is 0.203 e. The van der Waals surface area contributed by atoms with Crippen molar-refractivity contribution in [1.82, 2.24) is 0 Å². The monoisotopic (exact) mass is 430 g/mol. The molecule has 0 bridgehead atoms. The topological polar surface area (TPSA) is 62.9 Å². The normalized spacial score (nSPS) is 18.4. The quantitative estimate of drug-likeness (QED) is 0.565. The lowest BCUT2D eigenvalue weighted by molar-refractivity contribution is -1.02. The molecule has 0 spiro atoms. The van der Waals surface area contributed by atoms with Crippen molar-refractivity contribution in [3.05, 3.63) is 47.0 Å². The fourth-order valence-electron chi connectivity index (χ4n) is 4.29. The smallest absolute Gasteiger partial charge is 0.203 e. The van der Waals surface area contributed by atoms with Crippen molar-refractivity contribution in [3.63, 3.8) is 0 Å². The molecule has 3 rings (SSSR count). The molecule has 0 atom stereocenters. The number of benzene rings is 2. The van der Waals surface area contributed by atoms with Crippen LogP contribution in [0.25, 0.3) is 0 Å². The Labute approximate surface area is 184 Å². The predicted molar refractivity (Wildman–Crippen MR) is 118 cm³/mol. The number of carbonyl (C=O) groups excluding carboxylic acids is 1.